The average molecular weight is 461 g/mol. The van der Waals surface area contributed by atoms with E-state index in [9.17, 15) is 35.9 Å². The number of fused-ring (bicyclic) bond motifs is 1. The number of anilines is 1. The van der Waals surface area contributed by atoms with E-state index in [4.69, 9.17) is 4.74 Å². The number of ether oxygens (including phenoxy) is 2. The Balaban J connectivity index is 1.59. The number of amides is 1. The van der Waals surface area contributed by atoms with Crippen molar-refractivity contribution in [3.63, 3.8) is 0 Å². The zero-order chi connectivity index (χ0) is 23.5. The largest absolute Gasteiger partial charge is 0.573 e. The molecule has 0 bridgehead atoms. The minimum Gasteiger partial charge on any atom is -0.454 e. The van der Waals surface area contributed by atoms with Gasteiger partial charge in [0.25, 0.3) is 5.91 Å². The van der Waals surface area contributed by atoms with Gasteiger partial charge < -0.3 is 19.4 Å². The van der Waals surface area contributed by atoms with Gasteiger partial charge in [-0.3, -0.25) is 9.59 Å². The first-order valence-electron chi connectivity index (χ1n) is 8.76. The van der Waals surface area contributed by atoms with Crippen LogP contribution in [0.15, 0.2) is 48.5 Å². The molecule has 0 saturated heterocycles. The minimum absolute atomic E-state index is 0.0308. The third kappa shape index (κ3) is 5.89. The molecule has 1 amide bonds. The molecule has 1 aromatic heterocycles. The van der Waals surface area contributed by atoms with Crippen molar-refractivity contribution in [2.24, 2.45) is 0 Å². The first-order valence-corrected chi connectivity index (χ1v) is 8.76. The topological polar surface area (TPSA) is 82.5 Å². The van der Waals surface area contributed by atoms with Gasteiger partial charge in [0, 0.05) is 5.69 Å². The highest BCUT2D eigenvalue weighted by Crippen LogP contribution is 2.31. The number of nitrogens with zero attached hydrogens (tertiary/aromatic N) is 2. The van der Waals surface area contributed by atoms with Gasteiger partial charge in [-0.15, -0.1) is 13.2 Å². The number of alkyl halides is 6. The molecule has 32 heavy (non-hydrogen) atoms. The van der Waals surface area contributed by atoms with Crippen LogP contribution in [-0.4, -0.2) is 34.4 Å². The molecule has 2 aromatic carbocycles. The molecular formula is C19H13F6N3O4. The molecule has 7 nitrogen and oxygen atoms in total. The highest BCUT2D eigenvalue weighted by molar-refractivity contribution is 5.92. The number of esters is 1. The van der Waals surface area contributed by atoms with Crippen molar-refractivity contribution in [1.29, 1.82) is 0 Å². The fraction of sp³-hybridized carbons (Fsp3) is 0.211. The molecule has 0 aliphatic carbocycles. The Kier molecular flexibility index (Phi) is 6.27. The Morgan fingerprint density at radius 2 is 1.62 bits per heavy atom. The van der Waals surface area contributed by atoms with Gasteiger partial charge in [0.05, 0.1) is 11.0 Å². The Labute approximate surface area is 175 Å². The van der Waals surface area contributed by atoms with E-state index < -0.39 is 49.1 Å². The minimum atomic E-state index is -4.87. The summed E-state index contributed by atoms with van der Waals surface area (Å²) in [6, 6.07) is 9.82. The maximum atomic E-state index is 13.2. The molecule has 13 heteroatoms. The second kappa shape index (κ2) is 8.77. The van der Waals surface area contributed by atoms with Crippen molar-refractivity contribution < 1.29 is 45.4 Å². The van der Waals surface area contributed by atoms with E-state index in [1.807, 2.05) is 0 Å². The lowest BCUT2D eigenvalue weighted by atomic mass is 10.3. The van der Waals surface area contributed by atoms with Crippen LogP contribution in [0.5, 0.6) is 5.75 Å². The molecule has 0 radical (unpaired) electrons. The van der Waals surface area contributed by atoms with Crippen LogP contribution in [0.4, 0.5) is 32.0 Å². The lowest BCUT2D eigenvalue weighted by Crippen LogP contribution is -2.24. The lowest BCUT2D eigenvalue weighted by Gasteiger charge is -2.12. The van der Waals surface area contributed by atoms with Gasteiger partial charge in [0.15, 0.2) is 6.61 Å². The Bertz CT molecular complexity index is 1120. The molecule has 0 atom stereocenters. The summed E-state index contributed by atoms with van der Waals surface area (Å²) in [5.74, 6) is -3.77. The second-order valence-corrected chi connectivity index (χ2v) is 6.29. The molecule has 1 heterocycles. The molecule has 0 aliphatic heterocycles. The summed E-state index contributed by atoms with van der Waals surface area (Å²) < 4.78 is 85.2. The summed E-state index contributed by atoms with van der Waals surface area (Å²) in [4.78, 5) is 27.4. The van der Waals surface area contributed by atoms with Crippen LogP contribution in [0.3, 0.4) is 0 Å². The fourth-order valence-electron chi connectivity index (χ4n) is 2.71. The number of rotatable bonds is 6. The van der Waals surface area contributed by atoms with Crippen molar-refractivity contribution in [2.45, 2.75) is 19.1 Å². The van der Waals surface area contributed by atoms with Gasteiger partial charge in [-0.25, -0.2) is 4.98 Å². The summed E-state index contributed by atoms with van der Waals surface area (Å²) in [5.41, 5.74) is 0.172. The van der Waals surface area contributed by atoms with E-state index >= 15 is 0 Å². The highest BCUT2D eigenvalue weighted by atomic mass is 19.4. The molecule has 0 spiro atoms. The van der Waals surface area contributed by atoms with Crippen molar-refractivity contribution in [2.75, 3.05) is 11.9 Å². The summed E-state index contributed by atoms with van der Waals surface area (Å²) in [7, 11) is 0. The van der Waals surface area contributed by atoms with E-state index in [1.54, 1.807) is 0 Å². The Hall–Kier alpha value is -3.77. The first-order chi connectivity index (χ1) is 14.9. The number of carbonyl (C=O) groups is 2. The molecule has 0 saturated carbocycles. The standard InChI is InChI=1S/C19H13F6N3O4/c20-18(21,22)17-27-13-3-1-2-4-14(13)28(17)9-16(30)31-10-15(29)26-11-5-7-12(8-6-11)32-19(23,24)25/h1-8H,9-10H2,(H,26,29). The number of aromatic nitrogens is 2. The number of carbonyl (C=O) groups excluding carboxylic acids is 2. The third-order valence-corrected chi connectivity index (χ3v) is 3.93. The third-order valence-electron chi connectivity index (χ3n) is 3.93. The van der Waals surface area contributed by atoms with Crippen molar-refractivity contribution in [3.8, 4) is 5.75 Å². The van der Waals surface area contributed by atoms with Crippen LogP contribution in [0, 0.1) is 0 Å². The predicted octanol–water partition coefficient (Wildman–Crippen LogP) is 4.14. The van der Waals surface area contributed by atoms with Crippen molar-refractivity contribution in [1.82, 2.24) is 9.55 Å². The fourth-order valence-corrected chi connectivity index (χ4v) is 2.71. The summed E-state index contributed by atoms with van der Waals surface area (Å²) in [6.45, 7) is -1.67. The number of imidazole rings is 1. The number of para-hydroxylation sites is 2. The number of nitrogens with one attached hydrogen (secondary N) is 1. The lowest BCUT2D eigenvalue weighted by molar-refractivity contribution is -0.274. The molecule has 170 valence electrons. The molecular weight excluding hydrogens is 448 g/mol. The monoisotopic (exact) mass is 461 g/mol. The molecule has 1 N–H and O–H groups in total. The summed E-state index contributed by atoms with van der Waals surface area (Å²) in [6.07, 6.45) is -9.69. The van der Waals surface area contributed by atoms with Gasteiger partial charge in [-0.2, -0.15) is 13.2 Å². The molecule has 0 unspecified atom stereocenters. The Morgan fingerprint density at radius 3 is 2.25 bits per heavy atom. The normalized spacial score (nSPS) is 11.9. The number of hydrogen-bond donors (Lipinski definition) is 1. The maximum absolute atomic E-state index is 13.2. The number of hydrogen-bond acceptors (Lipinski definition) is 5. The number of benzene rings is 2. The van der Waals surface area contributed by atoms with E-state index in [0.29, 0.717) is 4.57 Å². The van der Waals surface area contributed by atoms with Gasteiger partial charge >= 0.3 is 18.5 Å². The van der Waals surface area contributed by atoms with E-state index in [-0.39, 0.29) is 16.7 Å². The molecule has 0 aliphatic rings. The molecule has 0 fully saturated rings. The first kappa shape index (κ1) is 22.9. The predicted molar refractivity (Wildman–Crippen MR) is 97.4 cm³/mol. The highest BCUT2D eigenvalue weighted by Gasteiger charge is 2.38. The van der Waals surface area contributed by atoms with Gasteiger partial charge in [-0.05, 0) is 36.4 Å². The second-order valence-electron chi connectivity index (χ2n) is 6.29. The van der Waals surface area contributed by atoms with Gasteiger partial charge in [0.1, 0.15) is 12.3 Å². The smallest absolute Gasteiger partial charge is 0.454 e. The van der Waals surface area contributed by atoms with Crippen LogP contribution in [0.2, 0.25) is 0 Å². The van der Waals surface area contributed by atoms with E-state index in [1.165, 1.54) is 24.3 Å². The zero-order valence-corrected chi connectivity index (χ0v) is 15.8. The van der Waals surface area contributed by atoms with Crippen LogP contribution >= 0.6 is 0 Å². The SMILES string of the molecule is O=C(COC(=O)Cn1c(C(F)(F)F)nc2ccccc21)Nc1ccc(OC(F)(F)F)cc1. The average Bonchev–Trinajstić information content (AvgIpc) is 3.06. The van der Waals surface area contributed by atoms with Gasteiger partial charge in [0.2, 0.25) is 5.82 Å². The summed E-state index contributed by atoms with van der Waals surface area (Å²) >= 11 is 0. The Morgan fingerprint density at radius 1 is 0.969 bits per heavy atom. The molecule has 3 rings (SSSR count). The maximum Gasteiger partial charge on any atom is 0.573 e. The zero-order valence-electron chi connectivity index (χ0n) is 15.8. The van der Waals surface area contributed by atoms with Crippen LogP contribution in [0.25, 0.3) is 11.0 Å². The molecule has 3 aromatic rings. The van der Waals surface area contributed by atoms with Crippen LogP contribution in [0.1, 0.15) is 5.82 Å². The van der Waals surface area contributed by atoms with Gasteiger partial charge in [-0.1, -0.05) is 12.1 Å². The quantitative estimate of drug-likeness (QED) is 0.441. The number of halogens is 6. The van der Waals surface area contributed by atoms with Crippen LogP contribution < -0.4 is 10.1 Å². The van der Waals surface area contributed by atoms with Crippen molar-refractivity contribution in [3.05, 3.63) is 54.4 Å². The van der Waals surface area contributed by atoms with E-state index in [2.05, 4.69) is 15.0 Å². The van der Waals surface area contributed by atoms with Crippen molar-refractivity contribution >= 4 is 28.6 Å². The van der Waals surface area contributed by atoms with E-state index in [0.717, 1.165) is 24.3 Å². The van der Waals surface area contributed by atoms with Crippen LogP contribution in [-0.2, 0) is 27.0 Å². The summed E-state index contributed by atoms with van der Waals surface area (Å²) in [5, 5.41) is 2.26.